The van der Waals surface area contributed by atoms with Crippen molar-refractivity contribution in [2.24, 2.45) is 73.2 Å². The Kier molecular flexibility index (Phi) is 49.8. The quantitative estimate of drug-likeness (QED) is 0.0164. The third-order valence-corrected chi connectivity index (χ3v) is 17.2. The lowest BCUT2D eigenvalue weighted by Crippen LogP contribution is -2.61. The van der Waals surface area contributed by atoms with E-state index >= 15 is 0 Å². The molecule has 0 bridgehead atoms. The lowest BCUT2D eigenvalue weighted by atomic mass is 10.00. The van der Waals surface area contributed by atoms with Crippen LogP contribution in [0.2, 0.25) is 0 Å². The Morgan fingerprint density at radius 3 is 1.08 bits per heavy atom. The van der Waals surface area contributed by atoms with Gasteiger partial charge in [0.2, 0.25) is 76.8 Å². The van der Waals surface area contributed by atoms with E-state index in [-0.39, 0.29) is 160 Å². The number of amides is 13. The number of nitrogens with one attached hydrogen (secondary N) is 12. The summed E-state index contributed by atoms with van der Waals surface area (Å²) in [5, 5.41) is 69.7. The first-order valence-corrected chi connectivity index (χ1v) is 37.4. The molecule has 0 unspecified atom stereocenters. The third kappa shape index (κ3) is 42.9. The van der Waals surface area contributed by atoms with Crippen LogP contribution < -0.4 is 121 Å². The van der Waals surface area contributed by atoms with Crippen LogP contribution in [0.25, 0.3) is 0 Å². The van der Waals surface area contributed by atoms with Gasteiger partial charge in [-0.05, 0) is 153 Å². The molecular formula is C69H120N24O20. The molecule has 636 valence electrons. The van der Waals surface area contributed by atoms with Gasteiger partial charge in [0.1, 0.15) is 66.5 Å². The number of guanidine groups is 2. The molecule has 44 nitrogen and oxygen atoms in total. The Balaban J connectivity index is 3.77. The van der Waals surface area contributed by atoms with Crippen molar-refractivity contribution >= 4 is 107 Å². The van der Waals surface area contributed by atoms with E-state index in [4.69, 9.17) is 57.3 Å². The van der Waals surface area contributed by atoms with E-state index in [1.165, 1.54) is 0 Å². The summed E-state index contributed by atoms with van der Waals surface area (Å²) in [6.45, 7) is 1.63. The molecule has 0 aliphatic carbocycles. The molecule has 0 heterocycles. The summed E-state index contributed by atoms with van der Waals surface area (Å²) >= 11 is 0. The van der Waals surface area contributed by atoms with Crippen molar-refractivity contribution in [3.8, 4) is 0 Å². The number of aliphatic carboxylic acids is 3. The second-order valence-corrected chi connectivity index (χ2v) is 27.0. The number of carboxylic acids is 3. The van der Waals surface area contributed by atoms with Gasteiger partial charge in [0.15, 0.2) is 11.9 Å². The summed E-state index contributed by atoms with van der Waals surface area (Å²) in [5.74, 6) is -19.0. The molecule has 0 saturated carbocycles. The van der Waals surface area contributed by atoms with Crippen molar-refractivity contribution in [1.29, 1.82) is 0 Å². The number of carbonyl (C=O) groups is 16. The fraction of sp³-hybridized carbons (Fsp3) is 0.652. The summed E-state index contributed by atoms with van der Waals surface area (Å²) in [6.07, 6.45) is -2.41. The van der Waals surface area contributed by atoms with E-state index in [0.717, 1.165) is 0 Å². The van der Waals surface area contributed by atoms with Gasteiger partial charge < -0.3 is 142 Å². The first kappa shape index (κ1) is 100. The fourth-order valence-electron chi connectivity index (χ4n) is 11.0. The minimum atomic E-state index is -2.00. The van der Waals surface area contributed by atoms with Crippen LogP contribution in [0.5, 0.6) is 0 Å². The standard InChI is InChI=1S/C69H120N24O20/c1-38(2)55(66(111)91-49(67(112)113)34-39-16-4-3-5-17-39)93-63(108)46(23-15-33-81-69(78)79)87-64(109)48(35-54(99)100)90-61(106)44(21-9-13-31-73)84-58(103)42(19-7-11-29-71)85-62(107)47(25-27-53(97)98)89-60(105)45(22-14-32-80-68(76)77)86-59(104)43(20-8-12-30-72)88-65(110)50(37-94)92-57(102)41(18-6-10-28-70)83-52(96)36-82-56(101)40(74)24-26-51(75)95/h3-5,16-17,38,40-50,55,94H,6-15,18-37,70-74H2,1-2H3,(H2,75,95)(H,82,101)(H,83,96)(H,84,103)(H,85,107)(H,86,104)(H,87,109)(H,88,110)(H,89,105)(H,90,106)(H,91,111)(H,92,102)(H,93,108)(H,97,98)(H,99,100)(H,112,113)(H4,76,77,80)(H4,78,79,81)/t40-,41-,42-,43-,44-,45-,46-,47-,48-,49-,50-,55-/m0/s1. The molecule has 0 fully saturated rings. The third-order valence-electron chi connectivity index (χ3n) is 17.2. The Hall–Kier alpha value is -11.0. The molecule has 13 amide bonds. The predicted molar refractivity (Wildman–Crippen MR) is 411 cm³/mol. The van der Waals surface area contributed by atoms with E-state index in [1.54, 1.807) is 44.2 Å². The number of benzene rings is 1. The minimum Gasteiger partial charge on any atom is -0.481 e. The van der Waals surface area contributed by atoms with Crippen LogP contribution in [0.4, 0.5) is 0 Å². The SMILES string of the molecule is CC(C)[C@H](NC(=O)[C@H](CCCN=C(N)N)NC(=O)[C@H](CC(=O)O)NC(=O)[C@H](CCCCN)NC(=O)[C@H](CCCCN)NC(=O)[C@H](CCC(=O)O)NC(=O)[C@H](CCCN=C(N)N)NC(=O)[C@H](CCCCN)NC(=O)[C@H](CO)NC(=O)[C@H](CCCCN)NC(=O)CNC(=O)[C@@H](N)CCC(N)=O)C(=O)N[C@@H](Cc1ccccc1)C(=O)O. The number of aliphatic hydroxyl groups excluding tert-OH is 1. The molecule has 1 aromatic carbocycles. The molecule has 113 heavy (non-hydrogen) atoms. The van der Waals surface area contributed by atoms with Gasteiger partial charge in [0, 0.05) is 32.4 Å². The molecule has 1 rings (SSSR count). The highest BCUT2D eigenvalue weighted by atomic mass is 16.4. The number of nitrogens with zero attached hydrogens (tertiary/aromatic N) is 2. The Morgan fingerprint density at radius 2 is 0.726 bits per heavy atom. The molecule has 1 aromatic rings. The highest BCUT2D eigenvalue weighted by molar-refractivity contribution is 6.00. The van der Waals surface area contributed by atoms with E-state index in [9.17, 15) is 97.1 Å². The second-order valence-electron chi connectivity index (χ2n) is 27.0. The Morgan fingerprint density at radius 1 is 0.381 bits per heavy atom. The average Bonchev–Trinajstić information content (AvgIpc) is 0.858. The van der Waals surface area contributed by atoms with E-state index < -0.39 is 206 Å². The highest BCUT2D eigenvalue weighted by Crippen LogP contribution is 2.14. The molecule has 0 radical (unpaired) electrons. The largest absolute Gasteiger partial charge is 0.481 e. The lowest BCUT2D eigenvalue weighted by molar-refractivity contribution is -0.142. The number of hydrogen-bond donors (Lipinski definition) is 26. The maximum atomic E-state index is 14.6. The topological polar surface area (TPSA) is 783 Å². The van der Waals surface area contributed by atoms with Gasteiger partial charge >= 0.3 is 17.9 Å². The number of aliphatic hydroxyl groups is 1. The van der Waals surface area contributed by atoms with Crippen molar-refractivity contribution < 1.29 is 97.1 Å². The smallest absolute Gasteiger partial charge is 0.326 e. The van der Waals surface area contributed by atoms with Crippen LogP contribution in [0.3, 0.4) is 0 Å². The second kappa shape index (κ2) is 56.3. The van der Waals surface area contributed by atoms with Crippen molar-refractivity contribution in [2.45, 2.75) is 228 Å². The molecule has 44 heteroatoms. The Bertz CT molecular complexity index is 3310. The number of aliphatic imine (C=N–C) groups is 2. The van der Waals surface area contributed by atoms with Crippen molar-refractivity contribution in [2.75, 3.05) is 52.4 Å². The fourth-order valence-corrected chi connectivity index (χ4v) is 11.0. The summed E-state index contributed by atoms with van der Waals surface area (Å²) in [5.41, 5.74) is 56.6. The summed E-state index contributed by atoms with van der Waals surface area (Å²) in [6, 6.07) is -10.7. The molecule has 0 saturated heterocycles. The van der Waals surface area contributed by atoms with Crippen LogP contribution >= 0.6 is 0 Å². The molecular weight excluding hydrogens is 1480 g/mol. The number of carboxylic acid groups (broad SMARTS) is 3. The van der Waals surface area contributed by atoms with Gasteiger partial charge in [-0.15, -0.1) is 0 Å². The molecule has 0 aliphatic heterocycles. The monoisotopic (exact) mass is 1600 g/mol. The molecule has 0 aliphatic rings. The number of unbranched alkanes of at least 4 members (excludes halogenated alkanes) is 4. The maximum absolute atomic E-state index is 14.6. The Labute approximate surface area is 654 Å². The van der Waals surface area contributed by atoms with Gasteiger partial charge in [0.25, 0.3) is 0 Å². The lowest BCUT2D eigenvalue weighted by Gasteiger charge is -2.28. The summed E-state index contributed by atoms with van der Waals surface area (Å²) in [7, 11) is 0. The van der Waals surface area contributed by atoms with Crippen LogP contribution in [0, 0.1) is 5.92 Å². The number of rotatable bonds is 61. The minimum absolute atomic E-state index is 0.00506. The highest BCUT2D eigenvalue weighted by Gasteiger charge is 2.38. The van der Waals surface area contributed by atoms with Crippen LogP contribution in [-0.4, -0.2) is 252 Å². The van der Waals surface area contributed by atoms with Crippen molar-refractivity contribution in [3.05, 3.63) is 35.9 Å². The van der Waals surface area contributed by atoms with Crippen LogP contribution in [0.15, 0.2) is 40.3 Å². The van der Waals surface area contributed by atoms with Gasteiger partial charge in [-0.3, -0.25) is 81.9 Å². The predicted octanol–water partition coefficient (Wildman–Crippen LogP) is -9.03. The van der Waals surface area contributed by atoms with Gasteiger partial charge in [0.05, 0.1) is 25.6 Å². The summed E-state index contributed by atoms with van der Waals surface area (Å²) in [4.78, 5) is 224. The average molecular weight is 1610 g/mol. The van der Waals surface area contributed by atoms with Gasteiger partial charge in [-0.2, -0.15) is 0 Å². The molecule has 0 aromatic heterocycles. The van der Waals surface area contributed by atoms with Crippen LogP contribution in [-0.2, 0) is 83.1 Å². The zero-order valence-electron chi connectivity index (χ0n) is 64.1. The number of nitrogens with two attached hydrogens (primary N) is 10. The maximum Gasteiger partial charge on any atom is 0.326 e. The van der Waals surface area contributed by atoms with Crippen molar-refractivity contribution in [3.63, 3.8) is 0 Å². The zero-order chi connectivity index (χ0) is 85.1. The van der Waals surface area contributed by atoms with E-state index in [0.29, 0.717) is 18.4 Å². The van der Waals surface area contributed by atoms with Crippen LogP contribution in [0.1, 0.15) is 154 Å². The normalized spacial score (nSPS) is 14.2. The van der Waals surface area contributed by atoms with Gasteiger partial charge in [-0.1, -0.05) is 44.2 Å². The van der Waals surface area contributed by atoms with Gasteiger partial charge in [-0.25, -0.2) is 4.79 Å². The van der Waals surface area contributed by atoms with E-state index in [1.807, 2.05) is 0 Å². The zero-order valence-corrected chi connectivity index (χ0v) is 64.1. The molecule has 36 N–H and O–H groups in total. The number of hydrogen-bond acceptors (Lipinski definition) is 24. The number of carbonyl (C=O) groups excluding carboxylic acids is 13. The first-order chi connectivity index (χ1) is 53.5. The first-order valence-electron chi connectivity index (χ1n) is 37.4. The van der Waals surface area contributed by atoms with E-state index in [2.05, 4.69) is 73.8 Å². The molecule has 12 atom stereocenters. The molecule has 0 spiro atoms. The number of primary amides is 1. The summed E-state index contributed by atoms with van der Waals surface area (Å²) < 4.78 is 0. The van der Waals surface area contributed by atoms with Crippen molar-refractivity contribution in [1.82, 2.24) is 63.8 Å².